The van der Waals surface area contributed by atoms with Crippen molar-refractivity contribution in [3.05, 3.63) is 35.8 Å². The molecule has 0 radical (unpaired) electrons. The molecule has 1 unspecified atom stereocenters. The predicted octanol–water partition coefficient (Wildman–Crippen LogP) is 2.44. The molecule has 0 heterocycles. The smallest absolute Gasteiger partial charge is 0.390 e. The van der Waals surface area contributed by atoms with Crippen LogP contribution in [-0.2, 0) is 14.3 Å². The SMILES string of the molecule is C=CC(=CC(OC)=C(C)OCC(C)O)C(=O)NCCC(F)(F)F. The van der Waals surface area contributed by atoms with Crippen molar-refractivity contribution in [3.63, 3.8) is 0 Å². The van der Waals surface area contributed by atoms with Crippen molar-refractivity contribution < 1.29 is 32.5 Å². The van der Waals surface area contributed by atoms with Gasteiger partial charge in [0.15, 0.2) is 5.76 Å². The van der Waals surface area contributed by atoms with Crippen LogP contribution in [0.5, 0.6) is 0 Å². The molecular formula is C15H22F3NO4. The van der Waals surface area contributed by atoms with Gasteiger partial charge in [-0.15, -0.1) is 0 Å². The van der Waals surface area contributed by atoms with E-state index >= 15 is 0 Å². The van der Waals surface area contributed by atoms with Gasteiger partial charge in [-0.3, -0.25) is 4.79 Å². The maximum Gasteiger partial charge on any atom is 0.390 e. The van der Waals surface area contributed by atoms with E-state index in [-0.39, 0.29) is 17.9 Å². The standard InChI is InChI=1S/C15H22F3NO4/c1-5-12(14(21)19-7-6-15(16,17)18)8-13(22-4)11(3)23-9-10(2)20/h5,8,10,20H,1,6-7,9H2,2-4H3,(H,19,21). The van der Waals surface area contributed by atoms with E-state index in [1.54, 1.807) is 13.8 Å². The molecule has 0 aliphatic carbocycles. The summed E-state index contributed by atoms with van der Waals surface area (Å²) >= 11 is 0. The predicted molar refractivity (Wildman–Crippen MR) is 79.3 cm³/mol. The Morgan fingerprint density at radius 2 is 2.04 bits per heavy atom. The minimum absolute atomic E-state index is 0.0315. The second-order valence-electron chi connectivity index (χ2n) is 4.71. The van der Waals surface area contributed by atoms with Crippen LogP contribution >= 0.6 is 0 Å². The van der Waals surface area contributed by atoms with E-state index in [9.17, 15) is 18.0 Å². The largest absolute Gasteiger partial charge is 0.493 e. The topological polar surface area (TPSA) is 67.8 Å². The molecule has 2 N–H and O–H groups in total. The molecule has 0 saturated carbocycles. The minimum atomic E-state index is -4.34. The van der Waals surface area contributed by atoms with Crippen molar-refractivity contribution >= 4 is 5.91 Å². The number of nitrogens with one attached hydrogen (secondary N) is 1. The van der Waals surface area contributed by atoms with Gasteiger partial charge in [0.1, 0.15) is 12.4 Å². The Balaban J connectivity index is 4.95. The molecule has 0 aromatic heterocycles. The molecule has 8 heteroatoms. The first kappa shape index (κ1) is 21.0. The maximum absolute atomic E-state index is 12.1. The van der Waals surface area contributed by atoms with Gasteiger partial charge in [0.25, 0.3) is 5.91 Å². The Bertz CT molecular complexity index is 468. The lowest BCUT2D eigenvalue weighted by Crippen LogP contribution is -2.28. The van der Waals surface area contributed by atoms with Crippen LogP contribution < -0.4 is 5.32 Å². The number of aliphatic hydroxyl groups is 1. The molecule has 132 valence electrons. The number of halogens is 3. The molecule has 0 rings (SSSR count). The van der Waals surface area contributed by atoms with Crippen molar-refractivity contribution in [2.45, 2.75) is 32.5 Å². The first-order valence-electron chi connectivity index (χ1n) is 6.85. The summed E-state index contributed by atoms with van der Waals surface area (Å²) in [4.78, 5) is 11.8. The van der Waals surface area contributed by atoms with E-state index < -0.39 is 31.2 Å². The Labute approximate surface area is 133 Å². The van der Waals surface area contributed by atoms with Crippen LogP contribution in [0.3, 0.4) is 0 Å². The number of allylic oxidation sites excluding steroid dienone is 2. The minimum Gasteiger partial charge on any atom is -0.493 e. The highest BCUT2D eigenvalue weighted by Gasteiger charge is 2.26. The summed E-state index contributed by atoms with van der Waals surface area (Å²) in [5, 5.41) is 11.3. The number of alkyl halides is 3. The second-order valence-corrected chi connectivity index (χ2v) is 4.71. The number of carbonyl (C=O) groups excluding carboxylic acids is 1. The molecule has 0 aliphatic rings. The number of rotatable bonds is 9. The molecule has 5 nitrogen and oxygen atoms in total. The number of aliphatic hydroxyl groups excluding tert-OH is 1. The summed E-state index contributed by atoms with van der Waals surface area (Å²) in [5.74, 6) is -0.190. The van der Waals surface area contributed by atoms with Gasteiger partial charge in [-0.05, 0) is 19.9 Å². The molecule has 0 spiro atoms. The fraction of sp³-hybridized carbons (Fsp3) is 0.533. The molecule has 0 aliphatic heterocycles. The van der Waals surface area contributed by atoms with Crippen molar-refractivity contribution in [2.24, 2.45) is 0 Å². The fourth-order valence-corrected chi connectivity index (χ4v) is 1.40. The zero-order valence-corrected chi connectivity index (χ0v) is 13.4. The lowest BCUT2D eigenvalue weighted by molar-refractivity contribution is -0.134. The first-order valence-corrected chi connectivity index (χ1v) is 6.85. The quantitative estimate of drug-likeness (QED) is 0.385. The van der Waals surface area contributed by atoms with Crippen molar-refractivity contribution in [1.29, 1.82) is 0 Å². The zero-order chi connectivity index (χ0) is 18.0. The van der Waals surface area contributed by atoms with Crippen molar-refractivity contribution in [2.75, 3.05) is 20.3 Å². The third kappa shape index (κ3) is 9.62. The van der Waals surface area contributed by atoms with Crippen LogP contribution in [0, 0.1) is 0 Å². The second kappa shape index (κ2) is 9.94. The molecule has 0 aromatic carbocycles. The Hall–Kier alpha value is -1.96. The number of methoxy groups -OCH3 is 1. The number of ether oxygens (including phenoxy) is 2. The fourth-order valence-electron chi connectivity index (χ4n) is 1.40. The van der Waals surface area contributed by atoms with Crippen LogP contribution in [0.25, 0.3) is 0 Å². The van der Waals surface area contributed by atoms with Gasteiger partial charge < -0.3 is 19.9 Å². The van der Waals surface area contributed by atoms with Gasteiger partial charge >= 0.3 is 6.18 Å². The number of hydrogen-bond acceptors (Lipinski definition) is 4. The van der Waals surface area contributed by atoms with Crippen molar-refractivity contribution in [1.82, 2.24) is 5.32 Å². The summed E-state index contributed by atoms with van der Waals surface area (Å²) in [6.45, 7) is 6.06. The lowest BCUT2D eigenvalue weighted by Gasteiger charge is -2.12. The third-order valence-electron chi connectivity index (χ3n) is 2.57. The Kier molecular flexibility index (Phi) is 9.09. The van der Waals surface area contributed by atoms with Gasteiger partial charge in [0.05, 0.1) is 19.6 Å². The van der Waals surface area contributed by atoms with Crippen LogP contribution in [-0.4, -0.2) is 43.6 Å². The molecule has 0 saturated heterocycles. The average Bonchev–Trinajstić information content (AvgIpc) is 2.44. The molecule has 0 aromatic rings. The summed E-state index contributed by atoms with van der Waals surface area (Å²) in [6.07, 6.45) is -3.64. The zero-order valence-electron chi connectivity index (χ0n) is 13.4. The number of carbonyl (C=O) groups is 1. The molecule has 23 heavy (non-hydrogen) atoms. The molecular weight excluding hydrogens is 315 g/mol. The van der Waals surface area contributed by atoms with Crippen LogP contribution in [0.2, 0.25) is 0 Å². The Morgan fingerprint density at radius 3 is 2.48 bits per heavy atom. The van der Waals surface area contributed by atoms with E-state index in [0.717, 1.165) is 0 Å². The van der Waals surface area contributed by atoms with Gasteiger partial charge in [-0.1, -0.05) is 12.7 Å². The van der Waals surface area contributed by atoms with E-state index in [0.29, 0.717) is 5.76 Å². The lowest BCUT2D eigenvalue weighted by atomic mass is 10.2. The highest BCUT2D eigenvalue weighted by molar-refractivity contribution is 5.96. The number of amides is 1. The molecule has 0 bridgehead atoms. The highest BCUT2D eigenvalue weighted by Crippen LogP contribution is 2.18. The molecule has 1 atom stereocenters. The van der Waals surface area contributed by atoms with Crippen LogP contribution in [0.1, 0.15) is 20.3 Å². The summed E-state index contributed by atoms with van der Waals surface area (Å²) in [6, 6.07) is 0. The van der Waals surface area contributed by atoms with Gasteiger partial charge in [0, 0.05) is 12.1 Å². The van der Waals surface area contributed by atoms with E-state index in [2.05, 4.69) is 11.9 Å². The third-order valence-corrected chi connectivity index (χ3v) is 2.57. The summed E-state index contributed by atoms with van der Waals surface area (Å²) in [5.41, 5.74) is 0.0315. The number of hydrogen-bond donors (Lipinski definition) is 2. The normalized spacial score (nSPS) is 14.7. The summed E-state index contributed by atoms with van der Waals surface area (Å²) < 4.78 is 46.5. The van der Waals surface area contributed by atoms with E-state index in [4.69, 9.17) is 14.6 Å². The van der Waals surface area contributed by atoms with Crippen LogP contribution in [0.15, 0.2) is 35.8 Å². The average molecular weight is 337 g/mol. The first-order chi connectivity index (χ1) is 10.6. The highest BCUT2D eigenvalue weighted by atomic mass is 19.4. The van der Waals surface area contributed by atoms with Crippen LogP contribution in [0.4, 0.5) is 13.2 Å². The van der Waals surface area contributed by atoms with E-state index in [1.807, 2.05) is 0 Å². The van der Waals surface area contributed by atoms with E-state index in [1.165, 1.54) is 19.3 Å². The monoisotopic (exact) mass is 337 g/mol. The van der Waals surface area contributed by atoms with Crippen molar-refractivity contribution in [3.8, 4) is 0 Å². The molecule has 1 amide bonds. The molecule has 0 fully saturated rings. The van der Waals surface area contributed by atoms with Gasteiger partial charge in [-0.2, -0.15) is 13.2 Å². The summed E-state index contributed by atoms with van der Waals surface area (Å²) in [7, 11) is 1.35. The van der Waals surface area contributed by atoms with Gasteiger partial charge in [0.2, 0.25) is 0 Å². The van der Waals surface area contributed by atoms with Gasteiger partial charge in [-0.25, -0.2) is 0 Å². The maximum atomic E-state index is 12.1. The Morgan fingerprint density at radius 1 is 1.43 bits per heavy atom.